The summed E-state index contributed by atoms with van der Waals surface area (Å²) in [7, 11) is 0.985. The molecule has 0 atom stereocenters. The maximum absolute atomic E-state index is 9.56. The topological polar surface area (TPSA) is 66.8 Å². The molecular weight excluding hydrogens is 198 g/mol. The van der Waals surface area contributed by atoms with Crippen molar-refractivity contribution in [2.75, 3.05) is 7.11 Å². The van der Waals surface area contributed by atoms with Crippen LogP contribution < -0.4 is 0 Å². The van der Waals surface area contributed by atoms with Crippen LogP contribution in [0, 0.1) is 0 Å². The van der Waals surface area contributed by atoms with Gasteiger partial charge in [0.1, 0.15) is 0 Å². The molecule has 0 aromatic heterocycles. The third-order valence-electron chi connectivity index (χ3n) is 0.238. The van der Waals surface area contributed by atoms with Crippen molar-refractivity contribution in [3.8, 4) is 0 Å². The number of rotatable bonds is 1. The number of hydrogen-bond acceptors (Lipinski definition) is 2. The minimum absolute atomic E-state index is 0.985. The van der Waals surface area contributed by atoms with Gasteiger partial charge < -0.3 is 0 Å². The second-order valence-corrected chi connectivity index (χ2v) is 4.52. The molecule has 38 valence electrons. The van der Waals surface area contributed by atoms with E-state index >= 15 is 0 Å². The Morgan fingerprint density at radius 1 is 1.67 bits per heavy atom. The summed E-state index contributed by atoms with van der Waals surface area (Å²) in [6, 6.07) is 0. The van der Waals surface area contributed by atoms with Gasteiger partial charge >= 0.3 is 40.0 Å². The van der Waals surface area contributed by atoms with E-state index in [0.717, 1.165) is 7.11 Å². The van der Waals surface area contributed by atoms with E-state index in [-0.39, 0.29) is 0 Å². The Morgan fingerprint density at radius 2 is 1.83 bits per heavy atom. The van der Waals surface area contributed by atoms with Crippen molar-refractivity contribution < 1.29 is 12.8 Å². The molecule has 0 aliphatic rings. The Balaban J connectivity index is 3.48. The van der Waals surface area contributed by atoms with Crippen LogP contribution in [0.25, 0.3) is 0 Å². The van der Waals surface area contributed by atoms with Crippen LogP contribution in [-0.2, 0) is 6.03 Å². The van der Waals surface area contributed by atoms with E-state index in [0.29, 0.717) is 0 Å². The zero-order valence-corrected chi connectivity index (χ0v) is 5.71. The fourth-order valence-corrected chi connectivity index (χ4v) is 0. The summed E-state index contributed by atoms with van der Waals surface area (Å²) >= 11 is -4.90. The molecule has 0 bridgehead atoms. The fraction of sp³-hybridized carbons (Fsp3) is 1.00. The van der Waals surface area contributed by atoms with E-state index in [2.05, 4.69) is 3.02 Å². The molecule has 0 aliphatic heterocycles. The standard InChI is InChI=1S/CH3O.2H2O.O.Sb/c1-2;;;;/h1H3;2*1H2;;/q-1;;;;+3/p-2. The van der Waals surface area contributed by atoms with Crippen molar-refractivity contribution in [2.24, 2.45) is 0 Å². The van der Waals surface area contributed by atoms with Gasteiger partial charge in [0, 0.05) is 0 Å². The van der Waals surface area contributed by atoms with Crippen LogP contribution in [0.3, 0.4) is 0 Å². The molecule has 0 aliphatic carbocycles. The Morgan fingerprint density at radius 3 is 1.83 bits per heavy atom. The minimum atomic E-state index is -4.90. The SMILES string of the molecule is C[O][Sb](=[O])([OH])[OH]. The van der Waals surface area contributed by atoms with Crippen LogP contribution in [0.15, 0.2) is 0 Å². The molecule has 0 aromatic rings. The zero-order valence-electron chi connectivity index (χ0n) is 3.16. The summed E-state index contributed by atoms with van der Waals surface area (Å²) in [5.74, 6) is 0. The van der Waals surface area contributed by atoms with Crippen LogP contribution in [0.5, 0.6) is 0 Å². The molecule has 5 heteroatoms. The molecule has 0 saturated heterocycles. The molecule has 0 amide bonds. The van der Waals surface area contributed by atoms with Crippen LogP contribution >= 0.6 is 0 Å². The van der Waals surface area contributed by atoms with E-state index in [1.54, 1.807) is 0 Å². The molecule has 0 aromatic carbocycles. The van der Waals surface area contributed by atoms with Crippen molar-refractivity contribution in [1.29, 1.82) is 0 Å². The molecule has 0 radical (unpaired) electrons. The van der Waals surface area contributed by atoms with Crippen LogP contribution in [0.4, 0.5) is 0 Å². The van der Waals surface area contributed by atoms with Gasteiger partial charge in [-0.2, -0.15) is 0 Å². The van der Waals surface area contributed by atoms with Crippen molar-refractivity contribution in [3.63, 3.8) is 0 Å². The first-order valence-corrected chi connectivity index (χ1v) is 5.54. The molecule has 6 heavy (non-hydrogen) atoms. The van der Waals surface area contributed by atoms with Crippen LogP contribution in [0.1, 0.15) is 0 Å². The first-order valence-electron chi connectivity index (χ1n) is 1.17. The normalized spacial score (nSPS) is 11.8. The zero-order chi connectivity index (χ0) is 5.21. The second-order valence-electron chi connectivity index (χ2n) is 0.673. The van der Waals surface area contributed by atoms with Gasteiger partial charge in [0.2, 0.25) is 0 Å². The molecule has 0 spiro atoms. The van der Waals surface area contributed by atoms with Crippen LogP contribution in [0.2, 0.25) is 0 Å². The third kappa shape index (κ3) is 4.50. The van der Waals surface area contributed by atoms with Crippen molar-refractivity contribution in [2.45, 2.75) is 0 Å². The van der Waals surface area contributed by atoms with E-state index in [9.17, 15) is 3.02 Å². The fourth-order valence-electron chi connectivity index (χ4n) is 0. The summed E-state index contributed by atoms with van der Waals surface area (Å²) in [6.45, 7) is 0. The molecule has 0 fully saturated rings. The quantitative estimate of drug-likeness (QED) is 0.508. The van der Waals surface area contributed by atoms with Gasteiger partial charge in [-0.25, -0.2) is 0 Å². The Hall–Kier alpha value is 0.498. The Bertz CT molecular complexity index is 71.6. The molecular formula is CH5O4Sb. The maximum atomic E-state index is 9.56. The van der Waals surface area contributed by atoms with Gasteiger partial charge in [-0.05, 0) is 0 Å². The van der Waals surface area contributed by atoms with Crippen molar-refractivity contribution in [3.05, 3.63) is 0 Å². The van der Waals surface area contributed by atoms with Gasteiger partial charge in [0.25, 0.3) is 0 Å². The van der Waals surface area contributed by atoms with Gasteiger partial charge in [0.05, 0.1) is 0 Å². The molecule has 0 heterocycles. The summed E-state index contributed by atoms with van der Waals surface area (Å²) in [5.41, 5.74) is 0. The molecule has 0 saturated carbocycles. The predicted octanol–water partition coefficient (Wildman–Crippen LogP) is -1.52. The van der Waals surface area contributed by atoms with E-state index < -0.39 is 20.1 Å². The summed E-state index contributed by atoms with van der Waals surface area (Å²) in [4.78, 5) is 0. The van der Waals surface area contributed by atoms with Gasteiger partial charge in [0.15, 0.2) is 0 Å². The van der Waals surface area contributed by atoms with Crippen molar-refractivity contribution >= 4 is 20.1 Å². The third-order valence-corrected chi connectivity index (χ3v) is 1.60. The van der Waals surface area contributed by atoms with Gasteiger partial charge in [-0.15, -0.1) is 0 Å². The molecule has 2 N–H and O–H groups in total. The summed E-state index contributed by atoms with van der Waals surface area (Å²) in [5, 5.41) is 0. The average Bonchev–Trinajstić information content (AvgIpc) is 1.35. The van der Waals surface area contributed by atoms with E-state index in [4.69, 9.17) is 6.77 Å². The average molecular weight is 203 g/mol. The van der Waals surface area contributed by atoms with Gasteiger partial charge in [-0.1, -0.05) is 0 Å². The first-order chi connectivity index (χ1) is 2.56. The predicted molar refractivity (Wildman–Crippen MR) is 17.9 cm³/mol. The molecule has 0 rings (SSSR count). The Kier molecular flexibility index (Phi) is 2.14. The summed E-state index contributed by atoms with van der Waals surface area (Å²) < 4.78 is 28.9. The summed E-state index contributed by atoms with van der Waals surface area (Å²) in [6.07, 6.45) is 0. The van der Waals surface area contributed by atoms with Crippen molar-refractivity contribution in [1.82, 2.24) is 0 Å². The molecule has 0 unspecified atom stereocenters. The van der Waals surface area contributed by atoms with Gasteiger partial charge in [-0.3, -0.25) is 0 Å². The monoisotopic (exact) mass is 202 g/mol. The van der Waals surface area contributed by atoms with E-state index in [1.165, 1.54) is 0 Å². The Labute approximate surface area is 40.4 Å². The second kappa shape index (κ2) is 1.98. The number of hydrogen-bond donors (Lipinski definition) is 2. The first kappa shape index (κ1) is 6.50. The molecule has 4 nitrogen and oxygen atoms in total. The van der Waals surface area contributed by atoms with E-state index in [1.807, 2.05) is 0 Å². The van der Waals surface area contributed by atoms with Crippen LogP contribution in [-0.4, -0.2) is 33.9 Å².